The van der Waals surface area contributed by atoms with Crippen LogP contribution in [0.25, 0.3) is 6.08 Å². The molecule has 0 atom stereocenters. The third-order valence-corrected chi connectivity index (χ3v) is 8.69. The van der Waals surface area contributed by atoms with E-state index in [4.69, 9.17) is 17.0 Å². The van der Waals surface area contributed by atoms with Gasteiger partial charge in [-0.05, 0) is 56.1 Å². The molecule has 3 heterocycles. The average molecular weight is 566 g/mol. The molecule has 8 nitrogen and oxygen atoms in total. The van der Waals surface area contributed by atoms with E-state index in [0.29, 0.717) is 34.3 Å². The summed E-state index contributed by atoms with van der Waals surface area (Å²) in [5.41, 5.74) is 2.31. The first kappa shape index (κ1) is 28.9. The summed E-state index contributed by atoms with van der Waals surface area (Å²) in [4.78, 5) is 33.6. The normalized spacial score (nSPS) is 17.3. The van der Waals surface area contributed by atoms with Crippen molar-refractivity contribution < 1.29 is 9.53 Å². The van der Waals surface area contributed by atoms with Gasteiger partial charge >= 0.3 is 0 Å². The number of thioether (sulfide) groups is 1. The molecule has 0 radical (unpaired) electrons. The molecule has 0 saturated carbocycles. The Bertz CT molecular complexity index is 1370. The fourth-order valence-corrected chi connectivity index (χ4v) is 6.17. The molecular formula is C29H35N5O3S2. The second-order valence-corrected chi connectivity index (χ2v) is 11.6. The van der Waals surface area contributed by atoms with Crippen LogP contribution in [0, 0.1) is 18.3 Å². The minimum absolute atomic E-state index is 0.130. The van der Waals surface area contributed by atoms with Crippen LogP contribution in [-0.4, -0.2) is 71.5 Å². The van der Waals surface area contributed by atoms with Crippen LogP contribution in [-0.2, 0) is 17.8 Å². The fourth-order valence-electron chi connectivity index (χ4n) is 4.88. The first-order valence-electron chi connectivity index (χ1n) is 13.3. The third-order valence-electron chi connectivity index (χ3n) is 7.32. The fraction of sp³-hybridized carbons (Fsp3) is 0.448. The summed E-state index contributed by atoms with van der Waals surface area (Å²) in [6.45, 7) is 8.14. The number of nitrogens with zero attached hydrogens (tertiary/aromatic N) is 5. The van der Waals surface area contributed by atoms with E-state index in [2.05, 4.69) is 29.8 Å². The van der Waals surface area contributed by atoms with Crippen molar-refractivity contribution in [2.75, 3.05) is 51.8 Å². The van der Waals surface area contributed by atoms with E-state index in [0.717, 1.165) is 61.7 Å². The molecule has 206 valence electrons. The Balaban J connectivity index is 1.71. The Hall–Kier alpha value is -3.13. The van der Waals surface area contributed by atoms with Crippen LogP contribution in [0.5, 0.6) is 5.75 Å². The van der Waals surface area contributed by atoms with E-state index in [1.54, 1.807) is 23.5 Å². The van der Waals surface area contributed by atoms with Gasteiger partial charge in [0.1, 0.15) is 27.5 Å². The second kappa shape index (κ2) is 12.8. The number of benzene rings is 1. The van der Waals surface area contributed by atoms with E-state index < -0.39 is 0 Å². The van der Waals surface area contributed by atoms with Crippen LogP contribution in [0.4, 0.5) is 5.82 Å². The van der Waals surface area contributed by atoms with E-state index >= 15 is 0 Å². The second-order valence-electron chi connectivity index (χ2n) is 9.88. The van der Waals surface area contributed by atoms with Crippen LogP contribution in [0.15, 0.2) is 34.0 Å². The molecule has 10 heteroatoms. The van der Waals surface area contributed by atoms with Crippen molar-refractivity contribution >= 4 is 46.1 Å². The van der Waals surface area contributed by atoms with E-state index in [-0.39, 0.29) is 17.0 Å². The van der Waals surface area contributed by atoms with Crippen molar-refractivity contribution in [3.05, 3.63) is 61.8 Å². The third kappa shape index (κ3) is 6.21. The van der Waals surface area contributed by atoms with Crippen LogP contribution in [0.2, 0.25) is 0 Å². The molecule has 39 heavy (non-hydrogen) atoms. The standard InChI is InChI=1S/C29H35N5O3S2/c1-5-6-12-33-26(32-16-14-31(3)15-17-32)23(20(2)24(19-30)27(33)35)18-25-28(36)34(29(38)39-25)13-11-21-7-9-22(37-4)10-8-21/h7-10,18H,5-6,11-17H2,1-4H3/b25-18-. The highest BCUT2D eigenvalue weighted by Gasteiger charge is 2.33. The number of thiocarbonyl (C=S) groups is 1. The van der Waals surface area contributed by atoms with Crippen LogP contribution in [0.3, 0.4) is 0 Å². The van der Waals surface area contributed by atoms with Gasteiger partial charge in [0.25, 0.3) is 11.5 Å². The summed E-state index contributed by atoms with van der Waals surface area (Å²) >= 11 is 6.88. The lowest BCUT2D eigenvalue weighted by Gasteiger charge is -2.36. The number of anilines is 1. The monoisotopic (exact) mass is 565 g/mol. The van der Waals surface area contributed by atoms with E-state index in [1.165, 1.54) is 11.8 Å². The summed E-state index contributed by atoms with van der Waals surface area (Å²) in [5, 5.41) is 9.90. The van der Waals surface area contributed by atoms with Crippen LogP contribution < -0.4 is 15.2 Å². The summed E-state index contributed by atoms with van der Waals surface area (Å²) in [6.07, 6.45) is 4.25. The van der Waals surface area contributed by atoms with Gasteiger partial charge in [-0.25, -0.2) is 0 Å². The highest BCUT2D eigenvalue weighted by Crippen LogP contribution is 2.36. The minimum Gasteiger partial charge on any atom is -0.497 e. The number of hydrogen-bond acceptors (Lipinski definition) is 8. The number of ether oxygens (including phenoxy) is 1. The Kier molecular flexibility index (Phi) is 9.49. The minimum atomic E-state index is -0.262. The molecule has 2 aromatic rings. The molecule has 0 N–H and O–H groups in total. The lowest BCUT2D eigenvalue weighted by Crippen LogP contribution is -2.47. The van der Waals surface area contributed by atoms with Crippen molar-refractivity contribution in [1.82, 2.24) is 14.4 Å². The number of piperazine rings is 1. The van der Waals surface area contributed by atoms with Crippen LogP contribution >= 0.6 is 24.0 Å². The van der Waals surface area contributed by atoms with Crippen molar-refractivity contribution in [1.29, 1.82) is 5.26 Å². The van der Waals surface area contributed by atoms with Crippen LogP contribution in [0.1, 0.15) is 42.0 Å². The van der Waals surface area contributed by atoms with Crippen molar-refractivity contribution in [2.24, 2.45) is 0 Å². The molecule has 2 saturated heterocycles. The number of likely N-dealkylation sites (N-methyl/N-ethyl adjacent to an activating group) is 1. The molecule has 2 aliphatic rings. The quantitative estimate of drug-likeness (QED) is 0.333. The highest BCUT2D eigenvalue weighted by atomic mass is 32.2. The Labute approximate surface area is 239 Å². The summed E-state index contributed by atoms with van der Waals surface area (Å²) < 4.78 is 7.49. The van der Waals surface area contributed by atoms with Gasteiger partial charge in [0.2, 0.25) is 0 Å². The number of unbranched alkanes of at least 4 members (excludes halogenated alkanes) is 1. The number of aromatic nitrogens is 1. The molecule has 1 aromatic heterocycles. The Morgan fingerprint density at radius 3 is 2.44 bits per heavy atom. The predicted octanol–water partition coefficient (Wildman–Crippen LogP) is 4.03. The molecule has 0 spiro atoms. The largest absolute Gasteiger partial charge is 0.497 e. The number of methoxy groups -OCH3 is 1. The number of amides is 1. The van der Waals surface area contributed by atoms with Gasteiger partial charge in [0.05, 0.1) is 12.0 Å². The zero-order valence-corrected chi connectivity index (χ0v) is 24.7. The summed E-state index contributed by atoms with van der Waals surface area (Å²) in [7, 11) is 3.72. The SMILES string of the molecule is CCCCn1c(N2CCN(C)CC2)c(/C=C2\SC(=S)N(CCc3ccc(OC)cc3)C2=O)c(C)c(C#N)c1=O. The molecule has 2 fully saturated rings. The van der Waals surface area contributed by atoms with Gasteiger partial charge in [-0.2, -0.15) is 5.26 Å². The maximum atomic E-state index is 13.5. The molecule has 0 bridgehead atoms. The first-order chi connectivity index (χ1) is 18.8. The van der Waals surface area contributed by atoms with Gasteiger partial charge in [0, 0.05) is 44.8 Å². The molecule has 0 unspecified atom stereocenters. The van der Waals surface area contributed by atoms with Crippen molar-refractivity contribution in [3.63, 3.8) is 0 Å². The lowest BCUT2D eigenvalue weighted by atomic mass is 10.0. The lowest BCUT2D eigenvalue weighted by molar-refractivity contribution is -0.122. The maximum Gasteiger partial charge on any atom is 0.270 e. The zero-order valence-electron chi connectivity index (χ0n) is 23.0. The van der Waals surface area contributed by atoms with Crippen molar-refractivity contribution in [3.8, 4) is 11.8 Å². The summed E-state index contributed by atoms with van der Waals surface area (Å²) in [6, 6.07) is 9.92. The molecule has 1 aromatic carbocycles. The number of rotatable bonds is 9. The van der Waals surface area contributed by atoms with E-state index in [9.17, 15) is 14.9 Å². The summed E-state index contributed by atoms with van der Waals surface area (Å²) in [5.74, 6) is 1.43. The predicted molar refractivity (Wildman–Crippen MR) is 161 cm³/mol. The van der Waals surface area contributed by atoms with Gasteiger partial charge < -0.3 is 14.5 Å². The number of hydrogen-bond donors (Lipinski definition) is 0. The Morgan fingerprint density at radius 2 is 1.82 bits per heavy atom. The molecule has 0 aliphatic carbocycles. The molecule has 1 amide bonds. The molecular weight excluding hydrogens is 530 g/mol. The zero-order chi connectivity index (χ0) is 28.1. The van der Waals surface area contributed by atoms with E-state index in [1.807, 2.05) is 30.3 Å². The Morgan fingerprint density at radius 1 is 1.13 bits per heavy atom. The first-order valence-corrected chi connectivity index (χ1v) is 14.5. The number of carbonyl (C=O) groups is 1. The maximum absolute atomic E-state index is 13.5. The van der Waals surface area contributed by atoms with Gasteiger partial charge in [-0.3, -0.25) is 19.1 Å². The molecule has 2 aliphatic heterocycles. The molecule has 4 rings (SSSR count). The number of nitriles is 1. The topological polar surface area (TPSA) is 81.8 Å². The van der Waals surface area contributed by atoms with Gasteiger partial charge in [-0.1, -0.05) is 49.5 Å². The van der Waals surface area contributed by atoms with Gasteiger partial charge in [0.15, 0.2) is 0 Å². The average Bonchev–Trinajstić information content (AvgIpc) is 3.21. The van der Waals surface area contributed by atoms with Gasteiger partial charge in [-0.15, -0.1) is 0 Å². The number of carbonyl (C=O) groups excluding carboxylic acids is 1. The van der Waals surface area contributed by atoms with Crippen molar-refractivity contribution in [2.45, 2.75) is 39.7 Å². The highest BCUT2D eigenvalue weighted by molar-refractivity contribution is 8.26. The number of pyridine rings is 1. The smallest absolute Gasteiger partial charge is 0.270 e.